The van der Waals surface area contributed by atoms with Crippen molar-refractivity contribution in [2.45, 2.75) is 13.0 Å². The molecule has 0 radical (unpaired) electrons. The van der Waals surface area contributed by atoms with Gasteiger partial charge in [0.2, 0.25) is 11.8 Å². The molecule has 1 aliphatic rings. The molecule has 1 atom stereocenters. The van der Waals surface area contributed by atoms with Gasteiger partial charge in [-0.05, 0) is 35.9 Å². The van der Waals surface area contributed by atoms with Gasteiger partial charge in [-0.2, -0.15) is 0 Å². The van der Waals surface area contributed by atoms with Gasteiger partial charge in [-0.25, -0.2) is 4.98 Å². The summed E-state index contributed by atoms with van der Waals surface area (Å²) >= 11 is 7.83. The Kier molecular flexibility index (Phi) is 5.64. The summed E-state index contributed by atoms with van der Waals surface area (Å²) in [6, 6.07) is 23.1. The average molecular weight is 462 g/mol. The van der Waals surface area contributed by atoms with Gasteiger partial charge in [0.1, 0.15) is 5.01 Å². The second-order valence-corrected chi connectivity index (χ2v) is 9.23. The fraction of sp³-hybridized carbons (Fsp3) is 0.160. The number of carbonyl (C=O) groups excluding carboxylic acids is 2. The number of amides is 2. The van der Waals surface area contributed by atoms with E-state index in [1.54, 1.807) is 22.3 Å². The van der Waals surface area contributed by atoms with Gasteiger partial charge in [0.15, 0.2) is 0 Å². The Morgan fingerprint density at radius 2 is 1.81 bits per heavy atom. The lowest BCUT2D eigenvalue weighted by atomic mass is 10.1. The molecule has 2 heterocycles. The minimum absolute atomic E-state index is 0.0375. The SMILES string of the molecule is O=C(Nc1ccccc1-c1nc2ccccc2s1)C1CC(=O)N(Cc2ccccc2Cl)C1. The van der Waals surface area contributed by atoms with Gasteiger partial charge in [0.25, 0.3) is 0 Å². The number of para-hydroxylation sites is 2. The number of carbonyl (C=O) groups is 2. The second-order valence-electron chi connectivity index (χ2n) is 7.79. The highest BCUT2D eigenvalue weighted by Crippen LogP contribution is 2.35. The van der Waals surface area contributed by atoms with E-state index in [-0.39, 0.29) is 18.2 Å². The fourth-order valence-corrected chi connectivity index (χ4v) is 5.13. The molecule has 160 valence electrons. The number of anilines is 1. The number of benzene rings is 3. The van der Waals surface area contributed by atoms with Crippen LogP contribution < -0.4 is 5.32 Å². The Bertz CT molecular complexity index is 1290. The van der Waals surface area contributed by atoms with Crippen LogP contribution in [-0.4, -0.2) is 28.2 Å². The smallest absolute Gasteiger partial charge is 0.229 e. The molecular weight excluding hydrogens is 442 g/mol. The van der Waals surface area contributed by atoms with E-state index in [0.29, 0.717) is 23.8 Å². The van der Waals surface area contributed by atoms with Gasteiger partial charge in [-0.1, -0.05) is 54.1 Å². The van der Waals surface area contributed by atoms with E-state index < -0.39 is 5.92 Å². The highest BCUT2D eigenvalue weighted by Gasteiger charge is 2.34. The molecule has 1 N–H and O–H groups in total. The predicted molar refractivity (Wildman–Crippen MR) is 129 cm³/mol. The van der Waals surface area contributed by atoms with Gasteiger partial charge < -0.3 is 10.2 Å². The van der Waals surface area contributed by atoms with Crippen molar-refractivity contribution in [3.8, 4) is 10.6 Å². The first kappa shape index (κ1) is 20.7. The van der Waals surface area contributed by atoms with Crippen LogP contribution in [0.1, 0.15) is 12.0 Å². The molecule has 5 rings (SSSR count). The van der Waals surface area contributed by atoms with Crippen LogP contribution in [0.2, 0.25) is 5.02 Å². The Balaban J connectivity index is 1.32. The number of rotatable bonds is 5. The van der Waals surface area contributed by atoms with Gasteiger partial charge in [-0.3, -0.25) is 9.59 Å². The highest BCUT2D eigenvalue weighted by atomic mass is 35.5. The van der Waals surface area contributed by atoms with Crippen LogP contribution in [0.15, 0.2) is 72.8 Å². The quantitative estimate of drug-likeness (QED) is 0.420. The zero-order valence-corrected chi connectivity index (χ0v) is 18.7. The van der Waals surface area contributed by atoms with Gasteiger partial charge in [0.05, 0.1) is 21.8 Å². The molecule has 0 bridgehead atoms. The van der Waals surface area contributed by atoms with Gasteiger partial charge >= 0.3 is 0 Å². The number of nitrogens with one attached hydrogen (secondary N) is 1. The van der Waals surface area contributed by atoms with Crippen molar-refractivity contribution in [3.63, 3.8) is 0 Å². The van der Waals surface area contributed by atoms with Gasteiger partial charge in [0, 0.05) is 30.1 Å². The van der Waals surface area contributed by atoms with E-state index in [4.69, 9.17) is 16.6 Å². The summed E-state index contributed by atoms with van der Waals surface area (Å²) in [5.41, 5.74) is 3.39. The zero-order valence-electron chi connectivity index (χ0n) is 17.1. The van der Waals surface area contributed by atoms with E-state index in [1.807, 2.05) is 66.7 Å². The average Bonchev–Trinajstić information content (AvgIpc) is 3.39. The molecule has 1 saturated heterocycles. The molecule has 0 aliphatic carbocycles. The highest BCUT2D eigenvalue weighted by molar-refractivity contribution is 7.21. The lowest BCUT2D eigenvalue weighted by Crippen LogP contribution is -2.28. The zero-order chi connectivity index (χ0) is 22.1. The first-order chi connectivity index (χ1) is 15.6. The summed E-state index contributed by atoms with van der Waals surface area (Å²) in [5, 5.41) is 4.51. The molecule has 1 aromatic heterocycles. The van der Waals surface area contributed by atoms with Crippen molar-refractivity contribution in [1.29, 1.82) is 0 Å². The molecule has 5 nitrogen and oxygen atoms in total. The number of aromatic nitrogens is 1. The van der Waals surface area contributed by atoms with E-state index in [2.05, 4.69) is 5.32 Å². The Labute approximate surface area is 194 Å². The van der Waals surface area contributed by atoms with E-state index in [9.17, 15) is 9.59 Å². The molecule has 32 heavy (non-hydrogen) atoms. The van der Waals surface area contributed by atoms with E-state index >= 15 is 0 Å². The van der Waals surface area contributed by atoms with Crippen molar-refractivity contribution < 1.29 is 9.59 Å². The molecule has 1 aliphatic heterocycles. The lowest BCUT2D eigenvalue weighted by molar-refractivity contribution is -0.128. The maximum absolute atomic E-state index is 13.0. The normalized spacial score (nSPS) is 16.0. The van der Waals surface area contributed by atoms with Crippen LogP contribution >= 0.6 is 22.9 Å². The van der Waals surface area contributed by atoms with E-state index in [1.165, 1.54) is 0 Å². The number of fused-ring (bicyclic) bond motifs is 1. The standard InChI is InChI=1S/C25H20ClN3O2S/c26-19-9-3-1-7-16(19)14-29-15-17(13-23(29)30)24(31)27-20-10-4-2-8-18(20)25-28-21-11-5-6-12-22(21)32-25/h1-12,17H,13-15H2,(H,27,31). The maximum Gasteiger partial charge on any atom is 0.229 e. The molecule has 0 saturated carbocycles. The van der Waals surface area contributed by atoms with Crippen LogP contribution in [0, 0.1) is 5.92 Å². The van der Waals surface area contributed by atoms with Crippen molar-refractivity contribution in [1.82, 2.24) is 9.88 Å². The van der Waals surface area contributed by atoms with Crippen LogP contribution in [0.5, 0.6) is 0 Å². The van der Waals surface area contributed by atoms with E-state index in [0.717, 1.165) is 26.4 Å². The Morgan fingerprint density at radius 1 is 1.06 bits per heavy atom. The van der Waals surface area contributed by atoms with Crippen LogP contribution in [-0.2, 0) is 16.1 Å². The Morgan fingerprint density at radius 3 is 2.66 bits per heavy atom. The lowest BCUT2D eigenvalue weighted by Gasteiger charge is -2.18. The number of thiazole rings is 1. The number of nitrogens with zero attached hydrogens (tertiary/aromatic N) is 2. The molecule has 0 spiro atoms. The molecule has 4 aromatic rings. The predicted octanol–water partition coefficient (Wildman–Crippen LogP) is 5.60. The molecule has 1 unspecified atom stereocenters. The summed E-state index contributed by atoms with van der Waals surface area (Å²) in [7, 11) is 0. The molecule has 3 aromatic carbocycles. The molecule has 2 amide bonds. The van der Waals surface area contributed by atoms with Crippen LogP contribution in [0.3, 0.4) is 0 Å². The summed E-state index contributed by atoms with van der Waals surface area (Å²) in [5.74, 6) is -0.605. The monoisotopic (exact) mass is 461 g/mol. The third-order valence-corrected chi connectivity index (χ3v) is 7.05. The molecule has 1 fully saturated rings. The van der Waals surface area contributed by atoms with Crippen molar-refractivity contribution >= 4 is 50.7 Å². The van der Waals surface area contributed by atoms with Crippen molar-refractivity contribution in [2.24, 2.45) is 5.92 Å². The second kappa shape index (κ2) is 8.73. The maximum atomic E-state index is 13.0. The fourth-order valence-electron chi connectivity index (χ4n) is 3.93. The van der Waals surface area contributed by atoms with Crippen molar-refractivity contribution in [3.05, 3.63) is 83.4 Å². The number of halogens is 1. The topological polar surface area (TPSA) is 62.3 Å². The number of hydrogen-bond acceptors (Lipinski definition) is 4. The van der Waals surface area contributed by atoms with Crippen molar-refractivity contribution in [2.75, 3.05) is 11.9 Å². The van der Waals surface area contributed by atoms with Crippen LogP contribution in [0.25, 0.3) is 20.8 Å². The first-order valence-electron chi connectivity index (χ1n) is 10.4. The summed E-state index contributed by atoms with van der Waals surface area (Å²) in [6.07, 6.45) is 0.194. The number of likely N-dealkylation sites (tertiary alicyclic amines) is 1. The minimum Gasteiger partial charge on any atom is -0.337 e. The van der Waals surface area contributed by atoms with Gasteiger partial charge in [-0.15, -0.1) is 11.3 Å². The largest absolute Gasteiger partial charge is 0.337 e. The number of hydrogen-bond donors (Lipinski definition) is 1. The Hall–Kier alpha value is -3.22. The summed E-state index contributed by atoms with van der Waals surface area (Å²) < 4.78 is 1.10. The first-order valence-corrected chi connectivity index (χ1v) is 11.5. The molecule has 7 heteroatoms. The third-order valence-electron chi connectivity index (χ3n) is 5.61. The summed E-state index contributed by atoms with van der Waals surface area (Å²) in [4.78, 5) is 32.0. The minimum atomic E-state index is -0.409. The van der Waals surface area contributed by atoms with Crippen LogP contribution in [0.4, 0.5) is 5.69 Å². The molecular formula is C25H20ClN3O2S. The summed E-state index contributed by atoms with van der Waals surface area (Å²) in [6.45, 7) is 0.782. The third kappa shape index (κ3) is 4.11.